The van der Waals surface area contributed by atoms with Crippen LogP contribution >= 0.6 is 0 Å². The first-order valence-electron chi connectivity index (χ1n) is 9.03. The quantitative estimate of drug-likeness (QED) is 0.927. The summed E-state index contributed by atoms with van der Waals surface area (Å²) in [6.45, 7) is 3.46. The van der Waals surface area contributed by atoms with Gasteiger partial charge in [0.15, 0.2) is 0 Å². The number of piperidine rings is 2. The zero-order valence-electron chi connectivity index (χ0n) is 14.5. The lowest BCUT2D eigenvalue weighted by Crippen LogP contribution is -2.39. The first-order valence-corrected chi connectivity index (χ1v) is 9.03. The Kier molecular flexibility index (Phi) is 5.51. The minimum atomic E-state index is 0.00175. The van der Waals surface area contributed by atoms with Crippen molar-refractivity contribution in [3.63, 3.8) is 0 Å². The first-order chi connectivity index (χ1) is 11.6. The van der Waals surface area contributed by atoms with E-state index in [0.29, 0.717) is 11.3 Å². The Hall–Kier alpha value is -1.88. The topological polar surface area (TPSA) is 52.7 Å². The van der Waals surface area contributed by atoms with Crippen molar-refractivity contribution in [1.29, 1.82) is 0 Å². The molecular formula is C19H27N3O2. The van der Waals surface area contributed by atoms with Crippen LogP contribution in [0.1, 0.15) is 42.5 Å². The summed E-state index contributed by atoms with van der Waals surface area (Å²) in [5.41, 5.74) is 1.25. The molecule has 0 radical (unpaired) electrons. The maximum Gasteiger partial charge on any atom is 0.255 e. The summed E-state index contributed by atoms with van der Waals surface area (Å²) in [6, 6.07) is 7.39. The minimum absolute atomic E-state index is 0.00175. The van der Waals surface area contributed by atoms with Crippen molar-refractivity contribution in [3.8, 4) is 0 Å². The number of likely N-dealkylation sites (tertiary alicyclic amines) is 2. The van der Waals surface area contributed by atoms with Crippen LogP contribution in [0.4, 0.5) is 5.69 Å². The number of nitrogens with one attached hydrogen (secondary N) is 1. The monoisotopic (exact) mass is 329 g/mol. The number of hydrogen-bond donors (Lipinski definition) is 1. The molecule has 5 nitrogen and oxygen atoms in total. The fraction of sp³-hybridized carbons (Fsp3) is 0.579. The van der Waals surface area contributed by atoms with Crippen molar-refractivity contribution in [2.75, 3.05) is 38.5 Å². The molecule has 24 heavy (non-hydrogen) atoms. The molecule has 1 atom stereocenters. The number of para-hydroxylation sites is 1. The summed E-state index contributed by atoms with van der Waals surface area (Å²) >= 11 is 0. The molecule has 0 spiro atoms. The molecule has 2 fully saturated rings. The van der Waals surface area contributed by atoms with Crippen molar-refractivity contribution < 1.29 is 9.59 Å². The third kappa shape index (κ3) is 3.96. The van der Waals surface area contributed by atoms with E-state index in [1.54, 1.807) is 0 Å². The average Bonchev–Trinajstić information content (AvgIpc) is 2.62. The van der Waals surface area contributed by atoms with Gasteiger partial charge in [-0.25, -0.2) is 0 Å². The first kappa shape index (κ1) is 17.0. The third-order valence-corrected chi connectivity index (χ3v) is 5.05. The average molecular weight is 329 g/mol. The van der Waals surface area contributed by atoms with Gasteiger partial charge in [0.2, 0.25) is 5.91 Å². The van der Waals surface area contributed by atoms with E-state index in [2.05, 4.69) is 10.2 Å². The van der Waals surface area contributed by atoms with Crippen LogP contribution in [0.15, 0.2) is 24.3 Å². The Morgan fingerprint density at radius 2 is 1.79 bits per heavy atom. The maximum atomic E-state index is 12.8. The fourth-order valence-electron chi connectivity index (χ4n) is 3.66. The summed E-state index contributed by atoms with van der Waals surface area (Å²) in [6.07, 6.45) is 5.28. The predicted molar refractivity (Wildman–Crippen MR) is 95.0 cm³/mol. The molecule has 2 aliphatic rings. The van der Waals surface area contributed by atoms with E-state index < -0.39 is 0 Å². The summed E-state index contributed by atoms with van der Waals surface area (Å²) in [7, 11) is 2.05. The molecule has 130 valence electrons. The normalized spacial score (nSPS) is 22.2. The Balaban J connectivity index is 1.71. The summed E-state index contributed by atoms with van der Waals surface area (Å²) in [5.74, 6) is 0.0636. The van der Waals surface area contributed by atoms with Crippen molar-refractivity contribution in [2.45, 2.75) is 32.1 Å². The summed E-state index contributed by atoms with van der Waals surface area (Å²) < 4.78 is 0. The van der Waals surface area contributed by atoms with Gasteiger partial charge in [0, 0.05) is 19.6 Å². The number of rotatable bonds is 3. The van der Waals surface area contributed by atoms with E-state index in [9.17, 15) is 9.59 Å². The van der Waals surface area contributed by atoms with Gasteiger partial charge in [-0.3, -0.25) is 9.59 Å². The number of carbonyl (C=O) groups excluding carboxylic acids is 2. The molecule has 0 aromatic heterocycles. The smallest absolute Gasteiger partial charge is 0.255 e. The second-order valence-electron chi connectivity index (χ2n) is 6.99. The van der Waals surface area contributed by atoms with Crippen LogP contribution in [0.25, 0.3) is 0 Å². The van der Waals surface area contributed by atoms with Crippen LogP contribution in [-0.4, -0.2) is 54.8 Å². The van der Waals surface area contributed by atoms with Gasteiger partial charge in [-0.15, -0.1) is 0 Å². The van der Waals surface area contributed by atoms with Gasteiger partial charge in [0.1, 0.15) is 0 Å². The molecule has 2 amide bonds. The molecule has 1 N–H and O–H groups in total. The minimum Gasteiger partial charge on any atom is -0.339 e. The van der Waals surface area contributed by atoms with Crippen LogP contribution in [0.3, 0.4) is 0 Å². The molecule has 0 unspecified atom stereocenters. The number of hydrogen-bond acceptors (Lipinski definition) is 3. The maximum absolute atomic E-state index is 12.8. The van der Waals surface area contributed by atoms with Crippen molar-refractivity contribution in [1.82, 2.24) is 9.80 Å². The molecule has 2 saturated heterocycles. The Morgan fingerprint density at radius 3 is 2.54 bits per heavy atom. The van der Waals surface area contributed by atoms with Gasteiger partial charge in [0.25, 0.3) is 5.91 Å². The van der Waals surface area contributed by atoms with Crippen molar-refractivity contribution >= 4 is 17.5 Å². The van der Waals surface area contributed by atoms with E-state index in [0.717, 1.165) is 51.9 Å². The molecule has 0 aliphatic carbocycles. The highest BCUT2D eigenvalue weighted by Crippen LogP contribution is 2.22. The van der Waals surface area contributed by atoms with E-state index in [1.807, 2.05) is 36.2 Å². The second kappa shape index (κ2) is 7.79. The van der Waals surface area contributed by atoms with Crippen LogP contribution in [-0.2, 0) is 4.79 Å². The number of nitrogens with zero attached hydrogens (tertiary/aromatic N) is 2. The van der Waals surface area contributed by atoms with Gasteiger partial charge in [-0.1, -0.05) is 12.1 Å². The highest BCUT2D eigenvalue weighted by Gasteiger charge is 2.26. The predicted octanol–water partition coefficient (Wildman–Crippen LogP) is 2.59. The second-order valence-corrected chi connectivity index (χ2v) is 6.99. The number of carbonyl (C=O) groups is 2. The van der Waals surface area contributed by atoms with E-state index in [1.165, 1.54) is 6.42 Å². The van der Waals surface area contributed by atoms with Crippen molar-refractivity contribution in [3.05, 3.63) is 29.8 Å². The van der Waals surface area contributed by atoms with Crippen LogP contribution in [0.5, 0.6) is 0 Å². The van der Waals surface area contributed by atoms with Crippen LogP contribution in [0, 0.1) is 5.92 Å². The van der Waals surface area contributed by atoms with Gasteiger partial charge >= 0.3 is 0 Å². The standard InChI is InChI=1S/C19H27N3O2/c1-21-11-7-8-15(14-21)18(23)20-17-10-4-3-9-16(17)19(24)22-12-5-2-6-13-22/h3-4,9-10,15H,2,5-8,11-14H2,1H3,(H,20,23)/t15-/m0/s1. The van der Waals surface area contributed by atoms with E-state index in [-0.39, 0.29) is 17.7 Å². The fourth-order valence-corrected chi connectivity index (χ4v) is 3.66. The molecule has 1 aromatic rings. The molecule has 1 aromatic carbocycles. The van der Waals surface area contributed by atoms with E-state index >= 15 is 0 Å². The number of amides is 2. The SMILES string of the molecule is CN1CCC[C@H](C(=O)Nc2ccccc2C(=O)N2CCCCC2)C1. The molecule has 0 saturated carbocycles. The van der Waals surface area contributed by atoms with Gasteiger partial charge in [-0.05, 0) is 57.8 Å². The summed E-state index contributed by atoms with van der Waals surface area (Å²) in [4.78, 5) is 29.5. The van der Waals surface area contributed by atoms with Crippen LogP contribution < -0.4 is 5.32 Å². The van der Waals surface area contributed by atoms with E-state index in [4.69, 9.17) is 0 Å². The van der Waals surface area contributed by atoms with Crippen LogP contribution in [0.2, 0.25) is 0 Å². The van der Waals surface area contributed by atoms with Crippen molar-refractivity contribution in [2.24, 2.45) is 5.92 Å². The largest absolute Gasteiger partial charge is 0.339 e. The van der Waals surface area contributed by atoms with Gasteiger partial charge < -0.3 is 15.1 Å². The Bertz CT molecular complexity index is 596. The highest BCUT2D eigenvalue weighted by atomic mass is 16.2. The number of anilines is 1. The molecule has 2 aliphatic heterocycles. The van der Waals surface area contributed by atoms with Gasteiger partial charge in [0.05, 0.1) is 17.2 Å². The molecular weight excluding hydrogens is 302 g/mol. The molecule has 3 rings (SSSR count). The lowest BCUT2D eigenvalue weighted by molar-refractivity contribution is -0.121. The lowest BCUT2D eigenvalue weighted by Gasteiger charge is -2.29. The molecule has 2 heterocycles. The highest BCUT2D eigenvalue weighted by molar-refractivity contribution is 6.04. The molecule has 5 heteroatoms. The van der Waals surface area contributed by atoms with Gasteiger partial charge in [-0.2, -0.15) is 0 Å². The zero-order valence-corrected chi connectivity index (χ0v) is 14.5. The zero-order chi connectivity index (χ0) is 16.9. The Morgan fingerprint density at radius 1 is 1.04 bits per heavy atom. The summed E-state index contributed by atoms with van der Waals surface area (Å²) in [5, 5.41) is 3.01. The Labute approximate surface area is 144 Å². The lowest BCUT2D eigenvalue weighted by atomic mass is 9.97. The third-order valence-electron chi connectivity index (χ3n) is 5.05. The molecule has 0 bridgehead atoms. The number of benzene rings is 1.